The number of anilines is 1. The van der Waals surface area contributed by atoms with Gasteiger partial charge in [0.15, 0.2) is 0 Å². The van der Waals surface area contributed by atoms with Crippen molar-refractivity contribution in [2.75, 3.05) is 5.43 Å². The second-order valence-corrected chi connectivity index (χ2v) is 5.19. The van der Waals surface area contributed by atoms with Gasteiger partial charge < -0.3 is 0 Å². The van der Waals surface area contributed by atoms with Crippen LogP contribution in [-0.2, 0) is 10.1 Å². The predicted molar refractivity (Wildman–Crippen MR) is 67.3 cm³/mol. The summed E-state index contributed by atoms with van der Waals surface area (Å²) < 4.78 is 44.0. The van der Waals surface area contributed by atoms with E-state index in [1.807, 2.05) is 0 Å². The number of hydrogen-bond acceptors (Lipinski definition) is 6. The molecule has 102 valence electrons. The standard InChI is InChI=1S/C10H11FN4O3S/c1-7-2-3-8(19(16,17)18)6-9(7)13-15-12-5-4-10(11)14-15/h2-6,13-14H,1H3,(H,16,17,18). The Morgan fingerprint density at radius 2 is 2.21 bits per heavy atom. The molecule has 0 atom stereocenters. The maximum Gasteiger partial charge on any atom is 0.294 e. The second kappa shape index (κ2) is 4.86. The molecule has 9 heteroatoms. The highest BCUT2D eigenvalue weighted by molar-refractivity contribution is 7.85. The van der Waals surface area contributed by atoms with Gasteiger partial charge in [0, 0.05) is 6.08 Å². The summed E-state index contributed by atoms with van der Waals surface area (Å²) >= 11 is 0. The van der Waals surface area contributed by atoms with Gasteiger partial charge in [-0.3, -0.25) is 9.98 Å². The topological polar surface area (TPSA) is 94.0 Å². The van der Waals surface area contributed by atoms with Crippen LogP contribution in [0.5, 0.6) is 0 Å². The van der Waals surface area contributed by atoms with Crippen LogP contribution < -0.4 is 10.9 Å². The molecule has 0 radical (unpaired) electrons. The molecule has 1 aliphatic heterocycles. The van der Waals surface area contributed by atoms with Crippen molar-refractivity contribution in [3.8, 4) is 0 Å². The van der Waals surface area contributed by atoms with E-state index >= 15 is 0 Å². The molecule has 0 bridgehead atoms. The minimum Gasteiger partial charge on any atom is -0.282 e. The third kappa shape index (κ3) is 3.20. The smallest absolute Gasteiger partial charge is 0.282 e. The molecule has 3 N–H and O–H groups in total. The molecule has 19 heavy (non-hydrogen) atoms. The fourth-order valence-electron chi connectivity index (χ4n) is 1.39. The summed E-state index contributed by atoms with van der Waals surface area (Å²) in [5, 5.41) is 4.74. The van der Waals surface area contributed by atoms with E-state index in [2.05, 4.69) is 16.0 Å². The van der Waals surface area contributed by atoms with Gasteiger partial charge in [0.05, 0.1) is 16.8 Å². The van der Waals surface area contributed by atoms with Crippen molar-refractivity contribution < 1.29 is 17.4 Å². The van der Waals surface area contributed by atoms with Crippen LogP contribution in [-0.4, -0.2) is 24.4 Å². The number of aryl methyl sites for hydroxylation is 1. The highest BCUT2D eigenvalue weighted by Gasteiger charge is 2.13. The number of allylic oxidation sites excluding steroid dienone is 1. The summed E-state index contributed by atoms with van der Waals surface area (Å²) in [5.41, 5.74) is 5.97. The third-order valence-corrected chi connectivity index (χ3v) is 3.20. The van der Waals surface area contributed by atoms with E-state index < -0.39 is 16.1 Å². The number of rotatable bonds is 3. The molecule has 0 fully saturated rings. The van der Waals surface area contributed by atoms with Crippen LogP contribution in [0.3, 0.4) is 0 Å². The molecule has 0 spiro atoms. The van der Waals surface area contributed by atoms with Crippen molar-refractivity contribution in [1.29, 1.82) is 0 Å². The molecular weight excluding hydrogens is 275 g/mol. The Hall–Kier alpha value is -2.13. The zero-order valence-electron chi connectivity index (χ0n) is 9.83. The summed E-state index contributed by atoms with van der Waals surface area (Å²) in [5.74, 6) is -0.619. The SMILES string of the molecule is Cc1ccc(S(=O)(=O)O)cc1NN1N=CC=C(F)N1. The third-order valence-electron chi connectivity index (χ3n) is 2.35. The number of benzene rings is 1. The fraction of sp³-hybridized carbons (Fsp3) is 0.100. The number of halogens is 1. The number of hydrogen-bond donors (Lipinski definition) is 3. The lowest BCUT2D eigenvalue weighted by atomic mass is 10.2. The van der Waals surface area contributed by atoms with Crippen molar-refractivity contribution in [2.45, 2.75) is 11.8 Å². The zero-order chi connectivity index (χ0) is 14.0. The van der Waals surface area contributed by atoms with Crippen molar-refractivity contribution in [3.05, 3.63) is 35.8 Å². The minimum atomic E-state index is -4.30. The van der Waals surface area contributed by atoms with Crippen LogP contribution in [0.2, 0.25) is 0 Å². The Bertz CT molecular complexity index is 657. The molecule has 1 heterocycles. The molecule has 1 aliphatic rings. The van der Waals surface area contributed by atoms with E-state index in [1.54, 1.807) is 6.92 Å². The molecule has 1 aromatic rings. The average molecular weight is 286 g/mol. The van der Waals surface area contributed by atoms with Gasteiger partial charge in [0.25, 0.3) is 10.1 Å². The van der Waals surface area contributed by atoms with Crippen molar-refractivity contribution >= 4 is 22.0 Å². The number of nitrogens with zero attached hydrogens (tertiary/aromatic N) is 2. The molecule has 0 aromatic heterocycles. The molecule has 0 saturated heterocycles. The van der Waals surface area contributed by atoms with E-state index in [4.69, 9.17) is 4.55 Å². The number of hydrazine groups is 2. The fourth-order valence-corrected chi connectivity index (χ4v) is 1.89. The lowest BCUT2D eigenvalue weighted by Crippen LogP contribution is -2.38. The lowest BCUT2D eigenvalue weighted by molar-refractivity contribution is 0.239. The van der Waals surface area contributed by atoms with Crippen molar-refractivity contribution in [3.63, 3.8) is 0 Å². The van der Waals surface area contributed by atoms with Gasteiger partial charge in [-0.05, 0) is 24.6 Å². The van der Waals surface area contributed by atoms with Gasteiger partial charge in [0.2, 0.25) is 5.95 Å². The van der Waals surface area contributed by atoms with E-state index in [0.29, 0.717) is 11.3 Å². The van der Waals surface area contributed by atoms with E-state index in [1.165, 1.54) is 24.4 Å². The normalized spacial score (nSPS) is 14.9. The quantitative estimate of drug-likeness (QED) is 0.571. The van der Waals surface area contributed by atoms with Crippen LogP contribution in [0.15, 0.2) is 40.2 Å². The van der Waals surface area contributed by atoms with E-state index in [-0.39, 0.29) is 4.90 Å². The van der Waals surface area contributed by atoms with E-state index in [9.17, 15) is 12.8 Å². The molecule has 7 nitrogen and oxygen atoms in total. The minimum absolute atomic E-state index is 0.266. The van der Waals surface area contributed by atoms with Gasteiger partial charge in [-0.1, -0.05) is 6.07 Å². The van der Waals surface area contributed by atoms with Crippen LogP contribution in [0.4, 0.5) is 10.1 Å². The van der Waals surface area contributed by atoms with Gasteiger partial charge in [-0.2, -0.15) is 12.8 Å². The Labute approximate surface area is 109 Å². The van der Waals surface area contributed by atoms with Gasteiger partial charge in [0.1, 0.15) is 0 Å². The largest absolute Gasteiger partial charge is 0.294 e. The Morgan fingerprint density at radius 1 is 1.47 bits per heavy atom. The van der Waals surface area contributed by atoms with E-state index in [0.717, 1.165) is 11.3 Å². The summed E-state index contributed by atoms with van der Waals surface area (Å²) in [7, 11) is -4.30. The van der Waals surface area contributed by atoms with Gasteiger partial charge in [-0.15, -0.1) is 10.3 Å². The van der Waals surface area contributed by atoms with Crippen LogP contribution in [0.25, 0.3) is 0 Å². The highest BCUT2D eigenvalue weighted by Crippen LogP contribution is 2.20. The first-order valence-electron chi connectivity index (χ1n) is 5.17. The maximum atomic E-state index is 12.9. The Kier molecular flexibility index (Phi) is 3.40. The number of hydrazone groups is 1. The van der Waals surface area contributed by atoms with Gasteiger partial charge >= 0.3 is 0 Å². The summed E-state index contributed by atoms with van der Waals surface area (Å²) in [4.78, 5) is -0.266. The molecule has 0 unspecified atom stereocenters. The van der Waals surface area contributed by atoms with Crippen LogP contribution in [0.1, 0.15) is 5.56 Å². The molecule has 1 aromatic carbocycles. The lowest BCUT2D eigenvalue weighted by Gasteiger charge is -2.23. The monoisotopic (exact) mass is 286 g/mol. The molecule has 0 amide bonds. The first kappa shape index (κ1) is 13.3. The predicted octanol–water partition coefficient (Wildman–Crippen LogP) is 1.19. The maximum absolute atomic E-state index is 12.9. The van der Waals surface area contributed by atoms with Crippen molar-refractivity contribution in [2.24, 2.45) is 5.10 Å². The molecule has 2 rings (SSSR count). The first-order chi connectivity index (χ1) is 8.86. The van der Waals surface area contributed by atoms with Gasteiger partial charge in [-0.25, -0.2) is 5.43 Å². The Balaban J connectivity index is 2.25. The summed E-state index contributed by atoms with van der Waals surface area (Å²) in [6, 6.07) is 3.99. The molecule has 0 aliphatic carbocycles. The summed E-state index contributed by atoms with van der Waals surface area (Å²) in [6.45, 7) is 1.72. The second-order valence-electron chi connectivity index (χ2n) is 3.77. The van der Waals surface area contributed by atoms with Crippen LogP contribution >= 0.6 is 0 Å². The molecular formula is C10H11FN4O3S. The highest BCUT2D eigenvalue weighted by atomic mass is 32.2. The van der Waals surface area contributed by atoms with Crippen LogP contribution in [0, 0.1) is 6.92 Å². The number of nitrogens with one attached hydrogen (secondary N) is 2. The Morgan fingerprint density at radius 3 is 2.84 bits per heavy atom. The average Bonchev–Trinajstić information content (AvgIpc) is 2.30. The molecule has 0 saturated carbocycles. The first-order valence-corrected chi connectivity index (χ1v) is 6.61. The summed E-state index contributed by atoms with van der Waals surface area (Å²) in [6.07, 6.45) is 2.35. The zero-order valence-corrected chi connectivity index (χ0v) is 10.6. The van der Waals surface area contributed by atoms with Crippen molar-refractivity contribution in [1.82, 2.24) is 10.7 Å².